The summed E-state index contributed by atoms with van der Waals surface area (Å²) in [5.41, 5.74) is 1.57. The molecule has 0 aliphatic rings. The highest BCUT2D eigenvalue weighted by atomic mass is 32.1. The van der Waals surface area contributed by atoms with Gasteiger partial charge in [-0.1, -0.05) is 23.5 Å². The predicted molar refractivity (Wildman–Crippen MR) is 99.7 cm³/mol. The van der Waals surface area contributed by atoms with Gasteiger partial charge in [0, 0.05) is 5.56 Å². The van der Waals surface area contributed by atoms with Crippen LogP contribution >= 0.6 is 11.3 Å². The summed E-state index contributed by atoms with van der Waals surface area (Å²) < 4.78 is 5.21. The van der Waals surface area contributed by atoms with Gasteiger partial charge in [-0.15, -0.1) is 0 Å². The fourth-order valence-corrected chi connectivity index (χ4v) is 3.06. The molecule has 0 unspecified atom stereocenters. The number of hydrogen-bond acceptors (Lipinski definition) is 6. The number of carboxylic acid groups (broad SMARTS) is 1. The smallest absolute Gasteiger partial charge is 0.413 e. The number of carbonyl (C=O) groups is 2. The van der Waals surface area contributed by atoms with Gasteiger partial charge in [-0.2, -0.15) is 0 Å². The Labute approximate surface area is 153 Å². The number of carbonyl (C=O) groups excluding carboxylic acids is 1. The molecule has 0 atom stereocenters. The van der Waals surface area contributed by atoms with Gasteiger partial charge < -0.3 is 9.84 Å². The maximum Gasteiger partial charge on any atom is 0.413 e. The largest absolute Gasteiger partial charge is 0.478 e. The third kappa shape index (κ3) is 4.15. The molecule has 0 fully saturated rings. The molecule has 3 rings (SSSR count). The van der Waals surface area contributed by atoms with E-state index in [0.717, 1.165) is 0 Å². The van der Waals surface area contributed by atoms with Crippen LogP contribution in [0.25, 0.3) is 21.6 Å². The predicted octanol–water partition coefficient (Wildman–Crippen LogP) is 4.40. The van der Waals surface area contributed by atoms with E-state index < -0.39 is 17.7 Å². The van der Waals surface area contributed by atoms with Crippen LogP contribution in [0.2, 0.25) is 0 Å². The zero-order chi connectivity index (χ0) is 18.9. The molecule has 134 valence electrons. The Morgan fingerprint density at radius 1 is 1.15 bits per heavy atom. The molecule has 2 N–H and O–H groups in total. The highest BCUT2D eigenvalue weighted by molar-refractivity contribution is 7.21. The molecular weight excluding hydrogens is 354 g/mol. The van der Waals surface area contributed by atoms with Gasteiger partial charge in [-0.3, -0.25) is 5.32 Å². The van der Waals surface area contributed by atoms with Crippen molar-refractivity contribution < 1.29 is 19.4 Å². The monoisotopic (exact) mass is 371 g/mol. The topological polar surface area (TPSA) is 101 Å². The highest BCUT2D eigenvalue weighted by Crippen LogP contribution is 2.28. The van der Waals surface area contributed by atoms with E-state index in [4.69, 9.17) is 9.84 Å². The number of thiazole rings is 1. The average molecular weight is 371 g/mol. The molecular formula is C18H17N3O4S. The zero-order valence-corrected chi connectivity index (χ0v) is 15.3. The lowest BCUT2D eigenvalue weighted by Crippen LogP contribution is -2.27. The normalized spacial score (nSPS) is 11.3. The number of carboxylic acids is 1. The number of aromatic carboxylic acids is 1. The summed E-state index contributed by atoms with van der Waals surface area (Å²) in [4.78, 5) is 32.4. The number of pyridine rings is 1. The van der Waals surface area contributed by atoms with Crippen LogP contribution in [-0.2, 0) is 4.74 Å². The number of rotatable bonds is 3. The van der Waals surface area contributed by atoms with Gasteiger partial charge in [0.05, 0.1) is 11.3 Å². The standard InChI is InChI=1S/C18H17N3O4S/c1-18(2,3)25-17(24)21-16-20-13-8-7-12(19-14(13)26-16)10-5-4-6-11(9-10)15(22)23/h4-9H,1-3H3,(H,22,23)(H,20,21,24). The third-order valence-electron chi connectivity index (χ3n) is 3.27. The van der Waals surface area contributed by atoms with Crippen molar-refractivity contribution in [3.63, 3.8) is 0 Å². The van der Waals surface area contributed by atoms with Crippen molar-refractivity contribution >= 4 is 38.9 Å². The van der Waals surface area contributed by atoms with Crippen molar-refractivity contribution in [2.24, 2.45) is 0 Å². The molecule has 0 saturated carbocycles. The van der Waals surface area contributed by atoms with Crippen molar-refractivity contribution in [1.29, 1.82) is 0 Å². The summed E-state index contributed by atoms with van der Waals surface area (Å²) in [6, 6.07) is 10.1. The Bertz CT molecular complexity index is 992. The molecule has 2 aromatic heterocycles. The van der Waals surface area contributed by atoms with E-state index in [-0.39, 0.29) is 5.56 Å². The Kier molecular flexibility index (Phi) is 4.60. The van der Waals surface area contributed by atoms with E-state index >= 15 is 0 Å². The van der Waals surface area contributed by atoms with Crippen LogP contribution in [-0.4, -0.2) is 32.7 Å². The summed E-state index contributed by atoms with van der Waals surface area (Å²) in [5.74, 6) is -0.991. The molecule has 0 spiro atoms. The lowest BCUT2D eigenvalue weighted by molar-refractivity contribution is 0.0634. The Balaban J connectivity index is 1.87. The van der Waals surface area contributed by atoms with Crippen LogP contribution in [0.5, 0.6) is 0 Å². The summed E-state index contributed by atoms with van der Waals surface area (Å²) in [5, 5.41) is 12.1. The SMILES string of the molecule is CC(C)(C)OC(=O)Nc1nc2ccc(-c3cccc(C(=O)O)c3)nc2s1. The van der Waals surface area contributed by atoms with Crippen molar-refractivity contribution in [1.82, 2.24) is 9.97 Å². The summed E-state index contributed by atoms with van der Waals surface area (Å²) in [6.07, 6.45) is -0.578. The number of anilines is 1. The second-order valence-electron chi connectivity index (χ2n) is 6.55. The van der Waals surface area contributed by atoms with Gasteiger partial charge in [0.15, 0.2) is 5.13 Å². The third-order valence-corrected chi connectivity index (χ3v) is 4.15. The Hall–Kier alpha value is -3.00. The second kappa shape index (κ2) is 6.72. The van der Waals surface area contributed by atoms with E-state index in [1.807, 2.05) is 0 Å². The fourth-order valence-electron chi connectivity index (χ4n) is 2.23. The number of amides is 1. The Morgan fingerprint density at radius 3 is 2.62 bits per heavy atom. The van der Waals surface area contributed by atoms with Crippen LogP contribution in [0, 0.1) is 0 Å². The van der Waals surface area contributed by atoms with Crippen LogP contribution in [0.15, 0.2) is 36.4 Å². The number of aromatic nitrogens is 2. The van der Waals surface area contributed by atoms with E-state index in [1.165, 1.54) is 17.4 Å². The van der Waals surface area contributed by atoms with E-state index in [2.05, 4.69) is 15.3 Å². The van der Waals surface area contributed by atoms with Gasteiger partial charge in [-0.25, -0.2) is 19.6 Å². The second-order valence-corrected chi connectivity index (χ2v) is 7.53. The van der Waals surface area contributed by atoms with Crippen LogP contribution in [0.3, 0.4) is 0 Å². The van der Waals surface area contributed by atoms with E-state index in [0.29, 0.717) is 26.7 Å². The maximum absolute atomic E-state index is 11.9. The molecule has 7 nitrogen and oxygen atoms in total. The minimum Gasteiger partial charge on any atom is -0.478 e. The zero-order valence-electron chi connectivity index (χ0n) is 14.4. The van der Waals surface area contributed by atoms with Gasteiger partial charge in [0.1, 0.15) is 15.9 Å². The molecule has 8 heteroatoms. The summed E-state index contributed by atoms with van der Waals surface area (Å²) in [7, 11) is 0. The van der Waals surface area contributed by atoms with Crippen LogP contribution in [0.1, 0.15) is 31.1 Å². The molecule has 0 aliphatic carbocycles. The summed E-state index contributed by atoms with van der Waals surface area (Å²) >= 11 is 1.22. The molecule has 0 aliphatic heterocycles. The lowest BCUT2D eigenvalue weighted by Gasteiger charge is -2.18. The number of nitrogens with zero attached hydrogens (tertiary/aromatic N) is 2. The first kappa shape index (κ1) is 17.8. The highest BCUT2D eigenvalue weighted by Gasteiger charge is 2.18. The molecule has 0 saturated heterocycles. The number of hydrogen-bond donors (Lipinski definition) is 2. The first-order chi connectivity index (χ1) is 12.2. The molecule has 1 aromatic carbocycles. The number of fused-ring (bicyclic) bond motifs is 1. The van der Waals surface area contributed by atoms with Gasteiger partial charge >= 0.3 is 12.1 Å². The molecule has 26 heavy (non-hydrogen) atoms. The van der Waals surface area contributed by atoms with Gasteiger partial charge in [0.2, 0.25) is 0 Å². The molecule has 0 bridgehead atoms. The van der Waals surface area contributed by atoms with Crippen LogP contribution in [0.4, 0.5) is 9.93 Å². The molecule has 2 heterocycles. The average Bonchev–Trinajstić information content (AvgIpc) is 2.94. The number of ether oxygens (including phenoxy) is 1. The number of benzene rings is 1. The quantitative estimate of drug-likeness (QED) is 0.707. The first-order valence-corrected chi connectivity index (χ1v) is 8.64. The van der Waals surface area contributed by atoms with E-state index in [1.54, 1.807) is 51.1 Å². The van der Waals surface area contributed by atoms with Crippen molar-refractivity contribution in [2.45, 2.75) is 26.4 Å². The van der Waals surface area contributed by atoms with Crippen LogP contribution < -0.4 is 5.32 Å². The Morgan fingerprint density at radius 2 is 1.92 bits per heavy atom. The van der Waals surface area contributed by atoms with Crippen molar-refractivity contribution in [3.8, 4) is 11.3 Å². The van der Waals surface area contributed by atoms with E-state index in [9.17, 15) is 9.59 Å². The minimum absolute atomic E-state index is 0.195. The minimum atomic E-state index is -0.991. The molecule has 0 radical (unpaired) electrons. The molecule has 1 amide bonds. The fraction of sp³-hybridized carbons (Fsp3) is 0.222. The summed E-state index contributed by atoms with van der Waals surface area (Å²) in [6.45, 7) is 5.35. The van der Waals surface area contributed by atoms with Gasteiger partial charge in [0.25, 0.3) is 0 Å². The van der Waals surface area contributed by atoms with Gasteiger partial charge in [-0.05, 0) is 45.0 Å². The lowest BCUT2D eigenvalue weighted by atomic mass is 10.1. The van der Waals surface area contributed by atoms with Crippen molar-refractivity contribution in [3.05, 3.63) is 42.0 Å². The molecule has 3 aromatic rings. The number of nitrogens with one attached hydrogen (secondary N) is 1. The van der Waals surface area contributed by atoms with Crippen molar-refractivity contribution in [2.75, 3.05) is 5.32 Å². The maximum atomic E-state index is 11.9. The first-order valence-electron chi connectivity index (χ1n) is 7.82.